The molecule has 1 amide bonds. The van der Waals surface area contributed by atoms with Gasteiger partial charge in [-0.2, -0.15) is 0 Å². The number of carbonyl (C=O) groups is 1. The van der Waals surface area contributed by atoms with Crippen molar-refractivity contribution in [1.82, 2.24) is 9.80 Å². The highest BCUT2D eigenvalue weighted by molar-refractivity contribution is 5.47. The third kappa shape index (κ3) is 1.93. The molecule has 1 fully saturated rings. The standard InChI is InChI=1S/C8H16N2O/c1-8(2,3)10-5-4-9(6-10)7-11/h7H,4-6H2,1-3H3. The van der Waals surface area contributed by atoms with Crippen LogP contribution < -0.4 is 0 Å². The molecule has 0 aromatic heterocycles. The van der Waals surface area contributed by atoms with Gasteiger partial charge in [-0.25, -0.2) is 0 Å². The molecule has 1 rings (SSSR count). The van der Waals surface area contributed by atoms with Crippen molar-refractivity contribution in [2.24, 2.45) is 0 Å². The summed E-state index contributed by atoms with van der Waals surface area (Å²) in [5.74, 6) is 0. The quantitative estimate of drug-likeness (QED) is 0.517. The molecule has 0 bridgehead atoms. The van der Waals surface area contributed by atoms with E-state index in [1.807, 2.05) is 0 Å². The zero-order valence-electron chi connectivity index (χ0n) is 7.50. The van der Waals surface area contributed by atoms with Crippen LogP contribution in [0.5, 0.6) is 0 Å². The van der Waals surface area contributed by atoms with Crippen molar-refractivity contribution in [1.29, 1.82) is 0 Å². The lowest BCUT2D eigenvalue weighted by molar-refractivity contribution is -0.118. The van der Waals surface area contributed by atoms with Crippen molar-refractivity contribution in [2.75, 3.05) is 19.8 Å². The van der Waals surface area contributed by atoms with Crippen LogP contribution in [0.1, 0.15) is 20.8 Å². The van der Waals surface area contributed by atoms with Crippen molar-refractivity contribution in [3.63, 3.8) is 0 Å². The topological polar surface area (TPSA) is 23.6 Å². The van der Waals surface area contributed by atoms with Crippen LogP contribution in [0.25, 0.3) is 0 Å². The van der Waals surface area contributed by atoms with E-state index in [1.54, 1.807) is 4.90 Å². The van der Waals surface area contributed by atoms with Gasteiger partial charge in [-0.3, -0.25) is 9.69 Å². The van der Waals surface area contributed by atoms with Crippen LogP contribution >= 0.6 is 0 Å². The Hall–Kier alpha value is -0.570. The smallest absolute Gasteiger partial charge is 0.210 e. The normalized spacial score (nSPS) is 20.8. The second-order valence-corrected chi connectivity index (χ2v) is 3.99. The molecule has 0 aromatic rings. The average Bonchev–Trinajstić information content (AvgIpc) is 2.32. The molecule has 0 N–H and O–H groups in total. The lowest BCUT2D eigenvalue weighted by Crippen LogP contribution is -2.40. The van der Waals surface area contributed by atoms with E-state index in [1.165, 1.54) is 0 Å². The molecule has 1 heterocycles. The predicted octanol–water partition coefficient (Wildman–Crippen LogP) is 0.516. The molecular weight excluding hydrogens is 140 g/mol. The van der Waals surface area contributed by atoms with E-state index >= 15 is 0 Å². The molecule has 3 heteroatoms. The second kappa shape index (κ2) is 2.81. The van der Waals surface area contributed by atoms with Gasteiger partial charge >= 0.3 is 0 Å². The van der Waals surface area contributed by atoms with E-state index in [4.69, 9.17) is 0 Å². The minimum Gasteiger partial charge on any atom is -0.331 e. The van der Waals surface area contributed by atoms with Gasteiger partial charge in [0.05, 0.1) is 6.67 Å². The first-order valence-electron chi connectivity index (χ1n) is 3.98. The number of nitrogens with zero attached hydrogens (tertiary/aromatic N) is 2. The maximum absolute atomic E-state index is 10.4. The van der Waals surface area contributed by atoms with Crippen LogP contribution in [0.15, 0.2) is 0 Å². The van der Waals surface area contributed by atoms with Crippen molar-refractivity contribution in [3.05, 3.63) is 0 Å². The molecule has 64 valence electrons. The third-order valence-electron chi connectivity index (χ3n) is 2.11. The molecule has 3 nitrogen and oxygen atoms in total. The largest absolute Gasteiger partial charge is 0.331 e. The molecule has 1 aliphatic heterocycles. The van der Waals surface area contributed by atoms with Gasteiger partial charge in [-0.1, -0.05) is 0 Å². The fraction of sp³-hybridized carbons (Fsp3) is 0.875. The van der Waals surface area contributed by atoms with E-state index in [0.29, 0.717) is 0 Å². The summed E-state index contributed by atoms with van der Waals surface area (Å²) in [5.41, 5.74) is 0.192. The maximum Gasteiger partial charge on any atom is 0.210 e. The lowest BCUT2D eigenvalue weighted by atomic mass is 10.1. The molecule has 0 aliphatic carbocycles. The van der Waals surface area contributed by atoms with E-state index in [2.05, 4.69) is 25.7 Å². The van der Waals surface area contributed by atoms with Gasteiger partial charge in [0.15, 0.2) is 0 Å². The molecule has 0 spiro atoms. The highest BCUT2D eigenvalue weighted by atomic mass is 16.1. The van der Waals surface area contributed by atoms with Crippen LogP contribution in [-0.4, -0.2) is 41.5 Å². The zero-order valence-corrected chi connectivity index (χ0v) is 7.50. The number of rotatable bonds is 1. The fourth-order valence-corrected chi connectivity index (χ4v) is 1.24. The zero-order chi connectivity index (χ0) is 8.48. The van der Waals surface area contributed by atoms with Crippen LogP contribution in [0.2, 0.25) is 0 Å². The van der Waals surface area contributed by atoms with Crippen LogP contribution in [-0.2, 0) is 4.79 Å². The van der Waals surface area contributed by atoms with Gasteiger partial charge in [0.2, 0.25) is 6.41 Å². The molecule has 0 unspecified atom stereocenters. The molecule has 0 atom stereocenters. The highest BCUT2D eigenvalue weighted by Crippen LogP contribution is 2.16. The Kier molecular flexibility index (Phi) is 2.18. The third-order valence-corrected chi connectivity index (χ3v) is 2.11. The fourth-order valence-electron chi connectivity index (χ4n) is 1.24. The van der Waals surface area contributed by atoms with Crippen molar-refractivity contribution in [2.45, 2.75) is 26.3 Å². The van der Waals surface area contributed by atoms with E-state index < -0.39 is 0 Å². The molecule has 11 heavy (non-hydrogen) atoms. The molecule has 0 saturated carbocycles. The summed E-state index contributed by atoms with van der Waals surface area (Å²) in [6, 6.07) is 0. The average molecular weight is 156 g/mol. The summed E-state index contributed by atoms with van der Waals surface area (Å²) >= 11 is 0. The Labute approximate surface area is 68.0 Å². The minimum atomic E-state index is 0.192. The summed E-state index contributed by atoms with van der Waals surface area (Å²) in [6.07, 6.45) is 0.922. The van der Waals surface area contributed by atoms with Crippen LogP contribution in [0, 0.1) is 0 Å². The summed E-state index contributed by atoms with van der Waals surface area (Å²) < 4.78 is 0. The summed E-state index contributed by atoms with van der Waals surface area (Å²) in [5, 5.41) is 0. The molecular formula is C8H16N2O. The van der Waals surface area contributed by atoms with Crippen LogP contribution in [0.3, 0.4) is 0 Å². The SMILES string of the molecule is CC(C)(C)N1CCN(C=O)C1. The Morgan fingerprint density at radius 3 is 2.18 bits per heavy atom. The van der Waals surface area contributed by atoms with E-state index in [-0.39, 0.29) is 5.54 Å². The summed E-state index contributed by atoms with van der Waals surface area (Å²) in [4.78, 5) is 14.5. The van der Waals surface area contributed by atoms with Gasteiger partial charge in [0.1, 0.15) is 0 Å². The van der Waals surface area contributed by atoms with Crippen molar-refractivity contribution < 1.29 is 4.79 Å². The predicted molar refractivity (Wildman–Crippen MR) is 44.1 cm³/mol. The Morgan fingerprint density at radius 2 is 1.91 bits per heavy atom. The van der Waals surface area contributed by atoms with Gasteiger partial charge in [-0.05, 0) is 20.8 Å². The van der Waals surface area contributed by atoms with Gasteiger partial charge in [-0.15, -0.1) is 0 Å². The molecule has 0 aromatic carbocycles. The summed E-state index contributed by atoms with van der Waals surface area (Å²) in [6.45, 7) is 9.17. The van der Waals surface area contributed by atoms with Crippen molar-refractivity contribution in [3.8, 4) is 0 Å². The van der Waals surface area contributed by atoms with Gasteiger partial charge in [0, 0.05) is 18.6 Å². The van der Waals surface area contributed by atoms with Gasteiger partial charge in [0.25, 0.3) is 0 Å². The second-order valence-electron chi connectivity index (χ2n) is 3.99. The highest BCUT2D eigenvalue weighted by Gasteiger charge is 2.27. The lowest BCUT2D eigenvalue weighted by Gasteiger charge is -2.30. The first-order valence-corrected chi connectivity index (χ1v) is 3.98. The molecule has 1 saturated heterocycles. The Balaban J connectivity index is 2.48. The minimum absolute atomic E-state index is 0.192. The van der Waals surface area contributed by atoms with Crippen LogP contribution in [0.4, 0.5) is 0 Å². The monoisotopic (exact) mass is 156 g/mol. The van der Waals surface area contributed by atoms with E-state index in [0.717, 1.165) is 26.2 Å². The number of hydrogen-bond donors (Lipinski definition) is 0. The number of amides is 1. The maximum atomic E-state index is 10.4. The number of hydrogen-bond acceptors (Lipinski definition) is 2. The van der Waals surface area contributed by atoms with Crippen molar-refractivity contribution >= 4 is 6.41 Å². The number of carbonyl (C=O) groups excluding carboxylic acids is 1. The molecule has 0 radical (unpaired) electrons. The first-order chi connectivity index (χ1) is 5.04. The first kappa shape index (κ1) is 8.53. The van der Waals surface area contributed by atoms with E-state index in [9.17, 15) is 4.79 Å². The van der Waals surface area contributed by atoms with Gasteiger partial charge < -0.3 is 4.90 Å². The summed E-state index contributed by atoms with van der Waals surface area (Å²) in [7, 11) is 0. The Bertz CT molecular complexity index is 151. The Morgan fingerprint density at radius 1 is 1.27 bits per heavy atom. The molecule has 1 aliphatic rings.